The van der Waals surface area contributed by atoms with Crippen molar-refractivity contribution >= 4 is 11.5 Å². The van der Waals surface area contributed by atoms with Crippen molar-refractivity contribution in [3.8, 4) is 5.75 Å². The highest BCUT2D eigenvalue weighted by Crippen LogP contribution is 2.24. The average molecular weight is 241 g/mol. The molecule has 0 bridgehead atoms. The van der Waals surface area contributed by atoms with Gasteiger partial charge in [-0.05, 0) is 31.2 Å². The lowest BCUT2D eigenvalue weighted by molar-refractivity contribution is 0.103. The Morgan fingerprint density at radius 1 is 1.11 bits per heavy atom. The van der Waals surface area contributed by atoms with E-state index in [4.69, 9.17) is 10.5 Å². The quantitative estimate of drug-likeness (QED) is 0.664. The summed E-state index contributed by atoms with van der Waals surface area (Å²) >= 11 is 0. The number of nitrogens with two attached hydrogens (primary N) is 1. The maximum absolute atomic E-state index is 12.4. The largest absolute Gasteiger partial charge is 0.496 e. The Morgan fingerprint density at radius 3 is 2.56 bits per heavy atom. The highest BCUT2D eigenvalue weighted by molar-refractivity contribution is 6.13. The Morgan fingerprint density at radius 2 is 1.83 bits per heavy atom. The second kappa shape index (κ2) is 4.92. The highest BCUT2D eigenvalue weighted by atomic mass is 16.5. The number of rotatable bonds is 3. The molecule has 3 nitrogen and oxygen atoms in total. The summed E-state index contributed by atoms with van der Waals surface area (Å²) in [5.74, 6) is 0.442. The Bertz CT molecular complexity index is 591. The van der Waals surface area contributed by atoms with Crippen LogP contribution in [0.2, 0.25) is 0 Å². The van der Waals surface area contributed by atoms with Crippen molar-refractivity contribution in [1.29, 1.82) is 0 Å². The van der Waals surface area contributed by atoms with Crippen LogP contribution in [0.5, 0.6) is 5.75 Å². The topological polar surface area (TPSA) is 52.3 Å². The number of hydrogen-bond donors (Lipinski definition) is 1. The second-order valence-corrected chi connectivity index (χ2v) is 4.12. The lowest BCUT2D eigenvalue weighted by Gasteiger charge is -2.09. The Kier molecular flexibility index (Phi) is 3.33. The molecule has 0 aliphatic carbocycles. The van der Waals surface area contributed by atoms with E-state index < -0.39 is 0 Å². The summed E-state index contributed by atoms with van der Waals surface area (Å²) in [4.78, 5) is 12.4. The molecule has 0 atom stereocenters. The van der Waals surface area contributed by atoms with Crippen molar-refractivity contribution in [3.63, 3.8) is 0 Å². The van der Waals surface area contributed by atoms with E-state index in [0.717, 1.165) is 5.56 Å². The molecule has 0 fully saturated rings. The van der Waals surface area contributed by atoms with E-state index >= 15 is 0 Å². The number of ether oxygens (including phenoxy) is 1. The lowest BCUT2D eigenvalue weighted by Crippen LogP contribution is -2.07. The van der Waals surface area contributed by atoms with Crippen molar-refractivity contribution in [2.24, 2.45) is 0 Å². The van der Waals surface area contributed by atoms with Gasteiger partial charge in [-0.3, -0.25) is 4.79 Å². The third-order valence-electron chi connectivity index (χ3n) is 2.81. The van der Waals surface area contributed by atoms with E-state index in [-0.39, 0.29) is 5.78 Å². The van der Waals surface area contributed by atoms with Crippen LogP contribution in [0.1, 0.15) is 21.5 Å². The van der Waals surface area contributed by atoms with E-state index in [1.54, 1.807) is 31.4 Å². The van der Waals surface area contributed by atoms with Crippen LogP contribution in [0.25, 0.3) is 0 Å². The number of ketones is 1. The van der Waals surface area contributed by atoms with Crippen molar-refractivity contribution < 1.29 is 9.53 Å². The molecule has 0 unspecified atom stereocenters. The average Bonchev–Trinajstić information content (AvgIpc) is 2.40. The predicted molar refractivity (Wildman–Crippen MR) is 72.0 cm³/mol. The first-order valence-corrected chi connectivity index (χ1v) is 5.67. The van der Waals surface area contributed by atoms with E-state index in [0.29, 0.717) is 22.6 Å². The monoisotopic (exact) mass is 241 g/mol. The molecule has 0 radical (unpaired) electrons. The fourth-order valence-electron chi connectivity index (χ4n) is 1.84. The van der Waals surface area contributed by atoms with Crippen LogP contribution in [0.15, 0.2) is 42.5 Å². The molecule has 18 heavy (non-hydrogen) atoms. The minimum atomic E-state index is -0.117. The van der Waals surface area contributed by atoms with Gasteiger partial charge in [0.05, 0.1) is 12.7 Å². The van der Waals surface area contributed by atoms with Crippen LogP contribution >= 0.6 is 0 Å². The molecule has 0 saturated heterocycles. The molecule has 2 aromatic carbocycles. The molecule has 2 rings (SSSR count). The summed E-state index contributed by atoms with van der Waals surface area (Å²) in [5, 5.41) is 0. The number of aryl methyl sites for hydroxylation is 1. The highest BCUT2D eigenvalue weighted by Gasteiger charge is 2.16. The molecule has 0 aliphatic heterocycles. The van der Waals surface area contributed by atoms with Gasteiger partial charge in [-0.15, -0.1) is 0 Å². The van der Waals surface area contributed by atoms with Gasteiger partial charge in [0.15, 0.2) is 5.78 Å². The maximum Gasteiger partial charge on any atom is 0.198 e. The number of methoxy groups -OCH3 is 1. The number of para-hydroxylation sites is 1. The normalized spacial score (nSPS) is 10.1. The van der Waals surface area contributed by atoms with Gasteiger partial charge >= 0.3 is 0 Å². The Labute approximate surface area is 106 Å². The number of benzene rings is 2. The first kappa shape index (κ1) is 12.2. The zero-order valence-electron chi connectivity index (χ0n) is 10.4. The first-order chi connectivity index (χ1) is 8.63. The lowest BCUT2D eigenvalue weighted by atomic mass is 9.99. The van der Waals surface area contributed by atoms with Gasteiger partial charge in [0, 0.05) is 11.3 Å². The zero-order chi connectivity index (χ0) is 13.1. The standard InChI is InChI=1S/C15H15NO2/c1-10-7-8-13(16)12(9-10)15(17)11-5-3-4-6-14(11)18-2/h3-9H,16H2,1-2H3. The van der Waals surface area contributed by atoms with Gasteiger partial charge < -0.3 is 10.5 Å². The summed E-state index contributed by atoms with van der Waals surface area (Å²) in [6, 6.07) is 12.6. The van der Waals surface area contributed by atoms with Crippen LogP contribution in [0, 0.1) is 6.92 Å². The first-order valence-electron chi connectivity index (χ1n) is 5.67. The molecule has 0 aromatic heterocycles. The van der Waals surface area contributed by atoms with E-state index in [9.17, 15) is 4.79 Å². The fraction of sp³-hybridized carbons (Fsp3) is 0.133. The number of nitrogen functional groups attached to an aromatic ring is 1. The molecule has 92 valence electrons. The van der Waals surface area contributed by atoms with E-state index in [1.165, 1.54) is 0 Å². The van der Waals surface area contributed by atoms with Crippen LogP contribution in [0.3, 0.4) is 0 Å². The van der Waals surface area contributed by atoms with Crippen molar-refractivity contribution in [2.75, 3.05) is 12.8 Å². The molecule has 2 aromatic rings. The van der Waals surface area contributed by atoms with Crippen LogP contribution in [0.4, 0.5) is 5.69 Å². The SMILES string of the molecule is COc1ccccc1C(=O)c1cc(C)ccc1N. The number of carbonyl (C=O) groups excluding carboxylic acids is 1. The van der Waals surface area contributed by atoms with Crippen molar-refractivity contribution in [2.45, 2.75) is 6.92 Å². The summed E-state index contributed by atoms with van der Waals surface area (Å²) in [5.41, 5.74) is 8.38. The maximum atomic E-state index is 12.4. The van der Waals surface area contributed by atoms with E-state index in [2.05, 4.69) is 0 Å². The second-order valence-electron chi connectivity index (χ2n) is 4.12. The minimum absolute atomic E-state index is 0.117. The molecule has 0 spiro atoms. The third-order valence-corrected chi connectivity index (χ3v) is 2.81. The summed E-state index contributed by atoms with van der Waals surface area (Å²) < 4.78 is 5.20. The van der Waals surface area contributed by atoms with Crippen LogP contribution in [-0.4, -0.2) is 12.9 Å². The number of hydrogen-bond acceptors (Lipinski definition) is 3. The molecule has 0 aliphatic rings. The molecule has 0 saturated carbocycles. The molecule has 2 N–H and O–H groups in total. The van der Waals surface area contributed by atoms with Gasteiger partial charge in [0.2, 0.25) is 0 Å². The summed E-state index contributed by atoms with van der Waals surface area (Å²) in [7, 11) is 1.55. The summed E-state index contributed by atoms with van der Waals surface area (Å²) in [6.07, 6.45) is 0. The predicted octanol–water partition coefficient (Wildman–Crippen LogP) is 2.82. The number of carbonyl (C=O) groups is 1. The van der Waals surface area contributed by atoms with Gasteiger partial charge in [0.1, 0.15) is 5.75 Å². The number of anilines is 1. The minimum Gasteiger partial charge on any atom is -0.496 e. The molecule has 0 heterocycles. The zero-order valence-corrected chi connectivity index (χ0v) is 10.4. The Balaban J connectivity index is 2.51. The third kappa shape index (κ3) is 2.20. The summed E-state index contributed by atoms with van der Waals surface area (Å²) in [6.45, 7) is 1.93. The van der Waals surface area contributed by atoms with Gasteiger partial charge in [-0.25, -0.2) is 0 Å². The smallest absolute Gasteiger partial charge is 0.198 e. The molecular formula is C15H15NO2. The molecular weight excluding hydrogens is 226 g/mol. The molecule has 3 heteroatoms. The fourth-order valence-corrected chi connectivity index (χ4v) is 1.84. The Hall–Kier alpha value is -2.29. The molecule has 0 amide bonds. The van der Waals surface area contributed by atoms with E-state index in [1.807, 2.05) is 25.1 Å². The van der Waals surface area contributed by atoms with Crippen molar-refractivity contribution in [3.05, 3.63) is 59.2 Å². The van der Waals surface area contributed by atoms with Gasteiger partial charge in [0.25, 0.3) is 0 Å². The van der Waals surface area contributed by atoms with Crippen LogP contribution < -0.4 is 10.5 Å². The van der Waals surface area contributed by atoms with Crippen LogP contribution in [-0.2, 0) is 0 Å². The van der Waals surface area contributed by atoms with Crippen molar-refractivity contribution in [1.82, 2.24) is 0 Å². The van der Waals surface area contributed by atoms with Gasteiger partial charge in [-0.2, -0.15) is 0 Å². The van der Waals surface area contributed by atoms with Gasteiger partial charge in [-0.1, -0.05) is 23.8 Å².